The number of carbonyl (C=O) groups is 2. The highest BCUT2D eigenvalue weighted by molar-refractivity contribution is 6.05. The highest BCUT2D eigenvalue weighted by Crippen LogP contribution is 2.15. The Balaban J connectivity index is 2.23. The third-order valence-corrected chi connectivity index (χ3v) is 2.62. The molecule has 0 radical (unpaired) electrons. The Labute approximate surface area is 120 Å². The largest absolute Gasteiger partial charge is 0.311 e. The molecule has 0 unspecified atom stereocenters. The normalized spacial score (nSPS) is 9.76. The van der Waals surface area contributed by atoms with Crippen molar-refractivity contribution >= 4 is 23.5 Å². The average molecular weight is 284 g/mol. The number of nitriles is 1. The maximum Gasteiger partial charge on any atom is 0.257 e. The fourth-order valence-corrected chi connectivity index (χ4v) is 1.67. The molecule has 2 rings (SSSR count). The molecule has 0 spiro atoms. The van der Waals surface area contributed by atoms with Crippen molar-refractivity contribution in [2.45, 2.75) is 6.92 Å². The molecular weight excluding hydrogens is 272 g/mol. The first kappa shape index (κ1) is 14.2. The van der Waals surface area contributed by atoms with Gasteiger partial charge in [-0.15, -0.1) is 0 Å². The van der Waals surface area contributed by atoms with Crippen LogP contribution in [0, 0.1) is 11.3 Å². The fourth-order valence-electron chi connectivity index (χ4n) is 1.67. The van der Waals surface area contributed by atoms with Gasteiger partial charge < -0.3 is 10.6 Å². The van der Waals surface area contributed by atoms with Gasteiger partial charge in [0, 0.05) is 25.7 Å². The van der Waals surface area contributed by atoms with E-state index in [0.29, 0.717) is 11.4 Å². The molecule has 8 heteroatoms. The summed E-state index contributed by atoms with van der Waals surface area (Å²) in [5.74, 6) is -0.122. The zero-order valence-corrected chi connectivity index (χ0v) is 11.4. The van der Waals surface area contributed by atoms with Gasteiger partial charge in [-0.3, -0.25) is 14.3 Å². The molecule has 2 aromatic heterocycles. The summed E-state index contributed by atoms with van der Waals surface area (Å²) in [5.41, 5.74) is 0.570. The molecule has 0 aliphatic heterocycles. The fraction of sp³-hybridized carbons (Fsp3) is 0.154. The molecule has 0 saturated heterocycles. The second kappa shape index (κ2) is 5.83. The van der Waals surface area contributed by atoms with Gasteiger partial charge in [0.1, 0.15) is 23.3 Å². The Morgan fingerprint density at radius 1 is 1.38 bits per heavy atom. The standard InChI is InChI=1S/C13H12N6O2/c1-8(20)17-11-5-9(3-4-15-11)13(21)18-12-10(6-14)7-16-19(12)2/h3-5,7H,1-2H3,(H,18,21)(H,15,17,20). The third kappa shape index (κ3) is 3.22. The zero-order valence-electron chi connectivity index (χ0n) is 11.4. The number of aryl methyl sites for hydroxylation is 1. The number of rotatable bonds is 3. The summed E-state index contributed by atoms with van der Waals surface area (Å²) in [6.07, 6.45) is 2.78. The van der Waals surface area contributed by atoms with Crippen LogP contribution in [-0.4, -0.2) is 26.6 Å². The van der Waals surface area contributed by atoms with Crippen LogP contribution in [0.15, 0.2) is 24.5 Å². The van der Waals surface area contributed by atoms with E-state index in [1.807, 2.05) is 6.07 Å². The summed E-state index contributed by atoms with van der Waals surface area (Å²) < 4.78 is 1.40. The van der Waals surface area contributed by atoms with Gasteiger partial charge in [0.05, 0.1) is 6.20 Å². The van der Waals surface area contributed by atoms with E-state index in [9.17, 15) is 9.59 Å². The maximum absolute atomic E-state index is 12.2. The number of hydrogen-bond donors (Lipinski definition) is 2. The minimum atomic E-state index is -0.427. The van der Waals surface area contributed by atoms with Crippen LogP contribution in [0.3, 0.4) is 0 Å². The van der Waals surface area contributed by atoms with E-state index in [1.165, 1.54) is 36.1 Å². The summed E-state index contributed by atoms with van der Waals surface area (Å²) in [5, 5.41) is 17.9. The van der Waals surface area contributed by atoms with Gasteiger partial charge in [0.2, 0.25) is 5.91 Å². The first-order chi connectivity index (χ1) is 10.0. The maximum atomic E-state index is 12.2. The lowest BCUT2D eigenvalue weighted by molar-refractivity contribution is -0.114. The van der Waals surface area contributed by atoms with Gasteiger partial charge in [0.25, 0.3) is 5.91 Å². The Hall–Kier alpha value is -3.21. The summed E-state index contributed by atoms with van der Waals surface area (Å²) in [4.78, 5) is 27.1. The van der Waals surface area contributed by atoms with E-state index < -0.39 is 5.91 Å². The second-order valence-corrected chi connectivity index (χ2v) is 4.21. The number of amides is 2. The zero-order chi connectivity index (χ0) is 15.4. The number of aromatic nitrogens is 3. The molecule has 8 nitrogen and oxygen atoms in total. The molecule has 0 aliphatic rings. The molecule has 0 atom stereocenters. The van der Waals surface area contributed by atoms with E-state index in [4.69, 9.17) is 5.26 Å². The first-order valence-corrected chi connectivity index (χ1v) is 5.98. The average Bonchev–Trinajstić information content (AvgIpc) is 2.79. The molecule has 0 fully saturated rings. The SMILES string of the molecule is CC(=O)Nc1cc(C(=O)Nc2c(C#N)cnn2C)ccn1. The quantitative estimate of drug-likeness (QED) is 0.869. The summed E-state index contributed by atoms with van der Waals surface area (Å²) in [6, 6.07) is 4.89. The van der Waals surface area contributed by atoms with Crippen LogP contribution in [0.1, 0.15) is 22.8 Å². The van der Waals surface area contributed by atoms with E-state index in [0.717, 1.165) is 0 Å². The molecule has 0 saturated carbocycles. The summed E-state index contributed by atoms with van der Waals surface area (Å²) in [7, 11) is 1.62. The van der Waals surface area contributed by atoms with E-state index >= 15 is 0 Å². The van der Waals surface area contributed by atoms with Crippen molar-refractivity contribution in [2.75, 3.05) is 10.6 Å². The molecule has 2 N–H and O–H groups in total. The van der Waals surface area contributed by atoms with Gasteiger partial charge >= 0.3 is 0 Å². The van der Waals surface area contributed by atoms with Crippen LogP contribution in [-0.2, 0) is 11.8 Å². The highest BCUT2D eigenvalue weighted by atomic mass is 16.2. The van der Waals surface area contributed by atoms with Gasteiger partial charge in [0.15, 0.2) is 0 Å². The van der Waals surface area contributed by atoms with Crippen molar-refractivity contribution < 1.29 is 9.59 Å². The van der Waals surface area contributed by atoms with Crippen molar-refractivity contribution in [3.63, 3.8) is 0 Å². The van der Waals surface area contributed by atoms with Crippen LogP contribution < -0.4 is 10.6 Å². The lowest BCUT2D eigenvalue weighted by Gasteiger charge is -2.07. The van der Waals surface area contributed by atoms with Crippen molar-refractivity contribution in [2.24, 2.45) is 7.05 Å². The van der Waals surface area contributed by atoms with Crippen LogP contribution in [0.2, 0.25) is 0 Å². The van der Waals surface area contributed by atoms with Gasteiger partial charge in [-0.25, -0.2) is 4.98 Å². The van der Waals surface area contributed by atoms with Gasteiger partial charge in [-0.1, -0.05) is 0 Å². The Morgan fingerprint density at radius 2 is 2.14 bits per heavy atom. The number of nitrogens with zero attached hydrogens (tertiary/aromatic N) is 4. The van der Waals surface area contributed by atoms with Crippen molar-refractivity contribution in [3.8, 4) is 6.07 Å². The molecule has 0 bridgehead atoms. The van der Waals surface area contributed by atoms with E-state index in [2.05, 4.69) is 20.7 Å². The third-order valence-electron chi connectivity index (χ3n) is 2.62. The van der Waals surface area contributed by atoms with Gasteiger partial charge in [-0.05, 0) is 12.1 Å². The number of anilines is 2. The minimum Gasteiger partial charge on any atom is -0.311 e. The lowest BCUT2D eigenvalue weighted by atomic mass is 10.2. The Bertz CT molecular complexity index is 743. The lowest BCUT2D eigenvalue weighted by Crippen LogP contribution is -2.16. The predicted molar refractivity (Wildman–Crippen MR) is 74.4 cm³/mol. The predicted octanol–water partition coefficient (Wildman–Crippen LogP) is 0.897. The number of carbonyl (C=O) groups excluding carboxylic acids is 2. The number of nitrogens with one attached hydrogen (secondary N) is 2. The Kier molecular flexibility index (Phi) is 3.95. The minimum absolute atomic E-state index is 0.266. The molecular formula is C13H12N6O2. The highest BCUT2D eigenvalue weighted by Gasteiger charge is 2.13. The molecule has 2 amide bonds. The van der Waals surface area contributed by atoms with Crippen LogP contribution in [0.5, 0.6) is 0 Å². The van der Waals surface area contributed by atoms with Crippen LogP contribution >= 0.6 is 0 Å². The van der Waals surface area contributed by atoms with E-state index in [-0.39, 0.29) is 17.3 Å². The molecule has 106 valence electrons. The van der Waals surface area contributed by atoms with Gasteiger partial charge in [-0.2, -0.15) is 10.4 Å². The van der Waals surface area contributed by atoms with Crippen LogP contribution in [0.4, 0.5) is 11.6 Å². The van der Waals surface area contributed by atoms with Crippen molar-refractivity contribution in [1.29, 1.82) is 5.26 Å². The Morgan fingerprint density at radius 3 is 2.81 bits per heavy atom. The smallest absolute Gasteiger partial charge is 0.257 e. The molecule has 2 aromatic rings. The monoisotopic (exact) mass is 284 g/mol. The molecule has 2 heterocycles. The summed E-state index contributed by atoms with van der Waals surface area (Å²) >= 11 is 0. The van der Waals surface area contributed by atoms with Crippen molar-refractivity contribution in [3.05, 3.63) is 35.7 Å². The molecule has 21 heavy (non-hydrogen) atoms. The molecule has 0 aromatic carbocycles. The molecule has 0 aliphatic carbocycles. The van der Waals surface area contributed by atoms with E-state index in [1.54, 1.807) is 7.05 Å². The second-order valence-electron chi connectivity index (χ2n) is 4.21. The number of pyridine rings is 1. The summed E-state index contributed by atoms with van der Waals surface area (Å²) in [6.45, 7) is 1.35. The topological polar surface area (TPSA) is 113 Å². The first-order valence-electron chi connectivity index (χ1n) is 5.98. The van der Waals surface area contributed by atoms with Crippen LogP contribution in [0.25, 0.3) is 0 Å². The van der Waals surface area contributed by atoms with Crippen molar-refractivity contribution in [1.82, 2.24) is 14.8 Å². The number of hydrogen-bond acceptors (Lipinski definition) is 5.